The monoisotopic (exact) mass is 260 g/mol. The van der Waals surface area contributed by atoms with Crippen LogP contribution in [0.2, 0.25) is 0 Å². The van der Waals surface area contributed by atoms with Crippen LogP contribution in [0.5, 0.6) is 0 Å². The second-order valence-electron chi connectivity index (χ2n) is 4.86. The molecule has 0 aromatic heterocycles. The summed E-state index contributed by atoms with van der Waals surface area (Å²) in [6.07, 6.45) is 1.19. The van der Waals surface area contributed by atoms with Gasteiger partial charge in [0.05, 0.1) is 5.92 Å². The summed E-state index contributed by atoms with van der Waals surface area (Å²) in [4.78, 5) is 25.3. The molecule has 4 nitrogen and oxygen atoms in total. The molecule has 1 aromatic rings. The van der Waals surface area contributed by atoms with Crippen LogP contribution in [-0.4, -0.2) is 36.3 Å². The summed E-state index contributed by atoms with van der Waals surface area (Å²) in [5, 5.41) is 2.72. The minimum atomic E-state index is -0.178. The van der Waals surface area contributed by atoms with Gasteiger partial charge in [-0.2, -0.15) is 0 Å². The molecule has 0 aliphatic carbocycles. The van der Waals surface area contributed by atoms with Crippen molar-refractivity contribution in [2.75, 3.05) is 19.6 Å². The second kappa shape index (κ2) is 6.36. The SMILES string of the molecule is CCN(CCc1ccccc1)C(=O)C1CNC(=O)C1. The van der Waals surface area contributed by atoms with Crippen molar-refractivity contribution in [1.82, 2.24) is 10.2 Å². The first-order chi connectivity index (χ1) is 9.20. The molecule has 2 rings (SSSR count). The molecule has 1 N–H and O–H groups in total. The maximum Gasteiger partial charge on any atom is 0.227 e. The van der Waals surface area contributed by atoms with E-state index in [0.29, 0.717) is 26.1 Å². The van der Waals surface area contributed by atoms with Crippen molar-refractivity contribution in [3.63, 3.8) is 0 Å². The fraction of sp³-hybridized carbons (Fsp3) is 0.467. The zero-order valence-electron chi connectivity index (χ0n) is 11.3. The highest BCUT2D eigenvalue weighted by Gasteiger charge is 2.30. The number of nitrogens with zero attached hydrogens (tertiary/aromatic N) is 1. The van der Waals surface area contributed by atoms with Crippen LogP contribution in [0.1, 0.15) is 18.9 Å². The number of carbonyl (C=O) groups is 2. The molecule has 1 aromatic carbocycles. The summed E-state index contributed by atoms with van der Waals surface area (Å²) >= 11 is 0. The summed E-state index contributed by atoms with van der Waals surface area (Å²) in [6, 6.07) is 10.1. The van der Waals surface area contributed by atoms with E-state index in [1.165, 1.54) is 5.56 Å². The lowest BCUT2D eigenvalue weighted by atomic mass is 10.1. The highest BCUT2D eigenvalue weighted by atomic mass is 16.2. The number of benzene rings is 1. The molecule has 19 heavy (non-hydrogen) atoms. The second-order valence-corrected chi connectivity index (χ2v) is 4.86. The normalized spacial score (nSPS) is 18.2. The fourth-order valence-electron chi connectivity index (χ4n) is 2.37. The van der Waals surface area contributed by atoms with Crippen LogP contribution in [0.4, 0.5) is 0 Å². The molecule has 0 saturated carbocycles. The number of carbonyl (C=O) groups excluding carboxylic acids is 2. The standard InChI is InChI=1S/C15H20N2O2/c1-2-17(9-8-12-6-4-3-5-7-12)15(19)13-10-14(18)16-11-13/h3-7,13H,2,8-11H2,1H3,(H,16,18). The van der Waals surface area contributed by atoms with E-state index in [4.69, 9.17) is 0 Å². The number of hydrogen-bond donors (Lipinski definition) is 1. The van der Waals surface area contributed by atoms with Gasteiger partial charge in [-0.15, -0.1) is 0 Å². The molecule has 2 amide bonds. The predicted octanol–water partition coefficient (Wildman–Crippen LogP) is 1.21. The van der Waals surface area contributed by atoms with Crippen molar-refractivity contribution in [2.24, 2.45) is 5.92 Å². The molecular weight excluding hydrogens is 240 g/mol. The third-order valence-electron chi connectivity index (χ3n) is 3.53. The molecule has 0 bridgehead atoms. The molecular formula is C15H20N2O2. The molecule has 4 heteroatoms. The van der Waals surface area contributed by atoms with Crippen LogP contribution in [0.3, 0.4) is 0 Å². The van der Waals surface area contributed by atoms with E-state index in [0.717, 1.165) is 6.42 Å². The predicted molar refractivity (Wildman–Crippen MR) is 73.5 cm³/mol. The van der Waals surface area contributed by atoms with Gasteiger partial charge >= 0.3 is 0 Å². The molecule has 1 aliphatic rings. The summed E-state index contributed by atoms with van der Waals surface area (Å²) in [5.41, 5.74) is 1.23. The van der Waals surface area contributed by atoms with Gasteiger partial charge in [0.25, 0.3) is 0 Å². The zero-order chi connectivity index (χ0) is 13.7. The summed E-state index contributed by atoms with van der Waals surface area (Å²) < 4.78 is 0. The Morgan fingerprint density at radius 2 is 2.11 bits per heavy atom. The van der Waals surface area contributed by atoms with Gasteiger partial charge in [-0.25, -0.2) is 0 Å². The van der Waals surface area contributed by atoms with Gasteiger partial charge in [0.15, 0.2) is 0 Å². The molecule has 1 unspecified atom stereocenters. The van der Waals surface area contributed by atoms with E-state index in [-0.39, 0.29) is 17.7 Å². The summed E-state index contributed by atoms with van der Waals surface area (Å²) in [7, 11) is 0. The first-order valence-corrected chi connectivity index (χ1v) is 6.80. The van der Waals surface area contributed by atoms with Crippen LogP contribution >= 0.6 is 0 Å². The highest BCUT2D eigenvalue weighted by molar-refractivity contribution is 5.89. The maximum absolute atomic E-state index is 12.3. The van der Waals surface area contributed by atoms with E-state index in [2.05, 4.69) is 17.4 Å². The van der Waals surface area contributed by atoms with E-state index < -0.39 is 0 Å². The van der Waals surface area contributed by atoms with E-state index in [1.54, 1.807) is 0 Å². The summed E-state index contributed by atoms with van der Waals surface area (Å²) in [6.45, 7) is 3.87. The fourth-order valence-corrected chi connectivity index (χ4v) is 2.37. The molecule has 1 fully saturated rings. The van der Waals surface area contributed by atoms with Crippen LogP contribution < -0.4 is 5.32 Å². The average molecular weight is 260 g/mol. The Kier molecular flexibility index (Phi) is 4.55. The van der Waals surface area contributed by atoms with Crippen LogP contribution in [0.25, 0.3) is 0 Å². The molecule has 1 atom stereocenters. The molecule has 1 aliphatic heterocycles. The quantitative estimate of drug-likeness (QED) is 0.865. The Labute approximate surface area is 113 Å². The zero-order valence-corrected chi connectivity index (χ0v) is 11.3. The van der Waals surface area contributed by atoms with Gasteiger partial charge in [-0.05, 0) is 18.9 Å². The van der Waals surface area contributed by atoms with E-state index >= 15 is 0 Å². The van der Waals surface area contributed by atoms with E-state index in [9.17, 15) is 9.59 Å². The minimum absolute atomic E-state index is 0.0162. The number of nitrogens with one attached hydrogen (secondary N) is 1. The highest BCUT2D eigenvalue weighted by Crippen LogP contribution is 2.13. The smallest absolute Gasteiger partial charge is 0.227 e. The first-order valence-electron chi connectivity index (χ1n) is 6.80. The van der Waals surface area contributed by atoms with Gasteiger partial charge in [0.2, 0.25) is 11.8 Å². The molecule has 0 radical (unpaired) electrons. The van der Waals surface area contributed by atoms with Crippen LogP contribution in [0, 0.1) is 5.92 Å². The lowest BCUT2D eigenvalue weighted by molar-refractivity contribution is -0.135. The van der Waals surface area contributed by atoms with Crippen molar-refractivity contribution < 1.29 is 9.59 Å². The van der Waals surface area contributed by atoms with Crippen LogP contribution in [0.15, 0.2) is 30.3 Å². The van der Waals surface area contributed by atoms with Gasteiger partial charge < -0.3 is 10.2 Å². The topological polar surface area (TPSA) is 49.4 Å². The Morgan fingerprint density at radius 1 is 1.37 bits per heavy atom. The lowest BCUT2D eigenvalue weighted by Crippen LogP contribution is -2.38. The molecule has 0 spiro atoms. The summed E-state index contributed by atoms with van der Waals surface area (Å²) in [5.74, 6) is -0.0996. The largest absolute Gasteiger partial charge is 0.355 e. The number of likely N-dealkylation sites (N-methyl/N-ethyl adjacent to an activating group) is 1. The van der Waals surface area contributed by atoms with Crippen molar-refractivity contribution in [1.29, 1.82) is 0 Å². The third kappa shape index (κ3) is 3.56. The molecule has 1 saturated heterocycles. The number of rotatable bonds is 5. The van der Waals surface area contributed by atoms with Gasteiger partial charge in [0, 0.05) is 26.1 Å². The Bertz CT molecular complexity index is 445. The number of hydrogen-bond acceptors (Lipinski definition) is 2. The lowest BCUT2D eigenvalue weighted by Gasteiger charge is -2.23. The maximum atomic E-state index is 12.3. The van der Waals surface area contributed by atoms with E-state index in [1.807, 2.05) is 30.0 Å². The molecule has 1 heterocycles. The Balaban J connectivity index is 1.89. The minimum Gasteiger partial charge on any atom is -0.355 e. The first kappa shape index (κ1) is 13.6. The molecule has 102 valence electrons. The van der Waals surface area contributed by atoms with Crippen molar-refractivity contribution in [3.05, 3.63) is 35.9 Å². The van der Waals surface area contributed by atoms with Gasteiger partial charge in [-0.1, -0.05) is 30.3 Å². The Morgan fingerprint density at radius 3 is 2.68 bits per heavy atom. The number of amides is 2. The Hall–Kier alpha value is -1.84. The van der Waals surface area contributed by atoms with Crippen molar-refractivity contribution >= 4 is 11.8 Å². The average Bonchev–Trinajstić information content (AvgIpc) is 2.87. The van der Waals surface area contributed by atoms with Gasteiger partial charge in [0.1, 0.15) is 0 Å². The van der Waals surface area contributed by atoms with Crippen molar-refractivity contribution in [2.45, 2.75) is 19.8 Å². The van der Waals surface area contributed by atoms with Crippen LogP contribution in [-0.2, 0) is 16.0 Å². The van der Waals surface area contributed by atoms with Gasteiger partial charge in [-0.3, -0.25) is 9.59 Å². The third-order valence-corrected chi connectivity index (χ3v) is 3.53. The van der Waals surface area contributed by atoms with Crippen molar-refractivity contribution in [3.8, 4) is 0 Å².